The summed E-state index contributed by atoms with van der Waals surface area (Å²) >= 11 is 12.4. The Morgan fingerprint density at radius 2 is 1.62 bits per heavy atom. The smallest absolute Gasteiger partial charge is 0.334 e. The molecular weight excluding hydrogens is 473 g/mol. The SMILES string of the molecule is C[C@@](C(=O)O)(c1ccccc1)N(Cc1ccc(-c2cccc(Cl)c2)o1)C(=O)c1ccccc1Cl. The number of amides is 1. The third-order valence-electron chi connectivity index (χ3n) is 5.73. The highest BCUT2D eigenvalue weighted by molar-refractivity contribution is 6.33. The molecule has 0 unspecified atom stereocenters. The van der Waals surface area contributed by atoms with Crippen LogP contribution in [0.2, 0.25) is 10.0 Å². The van der Waals surface area contributed by atoms with Crippen LogP contribution in [0.25, 0.3) is 11.3 Å². The number of nitrogens with zero attached hydrogens (tertiary/aromatic N) is 1. The Morgan fingerprint density at radius 3 is 2.29 bits per heavy atom. The number of hydrogen-bond donors (Lipinski definition) is 1. The van der Waals surface area contributed by atoms with Crippen LogP contribution in [0.1, 0.15) is 28.6 Å². The van der Waals surface area contributed by atoms with Gasteiger partial charge in [0.2, 0.25) is 0 Å². The first-order chi connectivity index (χ1) is 16.3. The number of carbonyl (C=O) groups excluding carboxylic acids is 1. The monoisotopic (exact) mass is 493 g/mol. The molecule has 34 heavy (non-hydrogen) atoms. The van der Waals surface area contributed by atoms with Crippen molar-refractivity contribution < 1.29 is 19.1 Å². The maximum Gasteiger partial charge on any atom is 0.334 e. The Bertz CT molecular complexity index is 1340. The maximum absolute atomic E-state index is 13.7. The first-order valence-corrected chi connectivity index (χ1v) is 11.3. The van der Waals surface area contributed by atoms with E-state index in [9.17, 15) is 14.7 Å². The molecule has 0 aliphatic heterocycles. The van der Waals surface area contributed by atoms with Crippen LogP contribution in [0.5, 0.6) is 0 Å². The molecule has 4 aromatic rings. The largest absolute Gasteiger partial charge is 0.479 e. The van der Waals surface area contributed by atoms with Gasteiger partial charge in [-0.25, -0.2) is 4.79 Å². The fraction of sp³-hybridized carbons (Fsp3) is 0.111. The fourth-order valence-electron chi connectivity index (χ4n) is 3.79. The summed E-state index contributed by atoms with van der Waals surface area (Å²) in [5.41, 5.74) is -0.272. The van der Waals surface area contributed by atoms with Crippen LogP contribution in [0, 0.1) is 0 Å². The molecule has 5 nitrogen and oxygen atoms in total. The van der Waals surface area contributed by atoms with E-state index in [4.69, 9.17) is 27.6 Å². The molecule has 1 aromatic heterocycles. The predicted molar refractivity (Wildman–Crippen MR) is 132 cm³/mol. The number of aliphatic carboxylic acids is 1. The van der Waals surface area contributed by atoms with Gasteiger partial charge in [0.05, 0.1) is 17.1 Å². The van der Waals surface area contributed by atoms with E-state index in [0.29, 0.717) is 22.1 Å². The van der Waals surface area contributed by atoms with Crippen LogP contribution in [-0.4, -0.2) is 21.9 Å². The van der Waals surface area contributed by atoms with Crippen molar-refractivity contribution in [3.05, 3.63) is 118 Å². The average Bonchev–Trinajstić information content (AvgIpc) is 3.31. The number of halogens is 2. The second kappa shape index (κ2) is 9.75. The van der Waals surface area contributed by atoms with Crippen LogP contribution < -0.4 is 0 Å². The van der Waals surface area contributed by atoms with Gasteiger partial charge in [-0.2, -0.15) is 0 Å². The van der Waals surface area contributed by atoms with Gasteiger partial charge in [0, 0.05) is 10.6 Å². The van der Waals surface area contributed by atoms with E-state index >= 15 is 0 Å². The van der Waals surface area contributed by atoms with Crippen molar-refractivity contribution in [1.29, 1.82) is 0 Å². The molecule has 0 saturated heterocycles. The lowest BCUT2D eigenvalue weighted by Gasteiger charge is -2.38. The number of carboxylic acids is 1. The van der Waals surface area contributed by atoms with E-state index in [1.54, 1.807) is 78.9 Å². The van der Waals surface area contributed by atoms with Crippen molar-refractivity contribution in [2.24, 2.45) is 0 Å². The van der Waals surface area contributed by atoms with Gasteiger partial charge in [0.1, 0.15) is 11.5 Å². The molecule has 0 saturated carbocycles. The summed E-state index contributed by atoms with van der Waals surface area (Å²) in [6.45, 7) is 1.41. The number of benzene rings is 3. The highest BCUT2D eigenvalue weighted by Gasteiger charge is 2.45. The van der Waals surface area contributed by atoms with Crippen LogP contribution in [0.4, 0.5) is 0 Å². The van der Waals surface area contributed by atoms with Gasteiger partial charge in [-0.05, 0) is 48.9 Å². The van der Waals surface area contributed by atoms with E-state index in [2.05, 4.69) is 0 Å². The zero-order valence-electron chi connectivity index (χ0n) is 18.2. The van der Waals surface area contributed by atoms with E-state index in [1.807, 2.05) is 12.1 Å². The molecule has 0 aliphatic carbocycles. The molecule has 1 heterocycles. The summed E-state index contributed by atoms with van der Waals surface area (Å²) in [6.07, 6.45) is 0. The Morgan fingerprint density at radius 1 is 0.912 bits per heavy atom. The highest BCUT2D eigenvalue weighted by atomic mass is 35.5. The van der Waals surface area contributed by atoms with E-state index in [-0.39, 0.29) is 17.1 Å². The lowest BCUT2D eigenvalue weighted by molar-refractivity contribution is -0.150. The minimum Gasteiger partial charge on any atom is -0.479 e. The molecule has 0 fully saturated rings. The molecule has 0 aliphatic rings. The zero-order valence-corrected chi connectivity index (χ0v) is 19.8. The number of carbonyl (C=O) groups is 2. The molecule has 3 aromatic carbocycles. The van der Waals surface area contributed by atoms with Crippen molar-refractivity contribution in [2.75, 3.05) is 0 Å². The predicted octanol–water partition coefficient (Wildman–Crippen LogP) is 6.90. The zero-order chi connectivity index (χ0) is 24.3. The standard InChI is InChI=1S/C27H21Cl2NO4/c1-27(26(32)33,19-9-3-2-4-10-19)30(25(31)22-12-5-6-13-23(22)29)17-21-14-15-24(34-21)18-8-7-11-20(28)16-18/h2-16H,17H2,1H3,(H,32,33)/t27-/m0/s1. The average molecular weight is 494 g/mol. The minimum atomic E-state index is -1.69. The van der Waals surface area contributed by atoms with Crippen molar-refractivity contribution >= 4 is 35.1 Å². The number of rotatable bonds is 7. The lowest BCUT2D eigenvalue weighted by atomic mass is 9.89. The van der Waals surface area contributed by atoms with Crippen molar-refractivity contribution in [1.82, 2.24) is 4.90 Å². The summed E-state index contributed by atoms with van der Waals surface area (Å²) in [5.74, 6) is -0.737. The van der Waals surface area contributed by atoms with E-state index in [0.717, 1.165) is 5.56 Å². The molecule has 1 amide bonds. The quantitative estimate of drug-likeness (QED) is 0.304. The molecule has 7 heteroatoms. The molecule has 0 radical (unpaired) electrons. The minimum absolute atomic E-state index is 0.0949. The van der Waals surface area contributed by atoms with Crippen molar-refractivity contribution in [3.8, 4) is 11.3 Å². The van der Waals surface area contributed by atoms with E-state index < -0.39 is 17.4 Å². The Labute approximate surface area is 207 Å². The second-order valence-electron chi connectivity index (χ2n) is 7.89. The number of furan rings is 1. The molecule has 1 atom stereocenters. The summed E-state index contributed by atoms with van der Waals surface area (Å²) in [5, 5.41) is 11.1. The molecular formula is C27H21Cl2NO4. The normalized spacial score (nSPS) is 12.7. The van der Waals surface area contributed by atoms with Gasteiger partial charge < -0.3 is 14.4 Å². The molecule has 172 valence electrons. The van der Waals surface area contributed by atoms with Crippen LogP contribution in [-0.2, 0) is 16.9 Å². The van der Waals surface area contributed by atoms with Gasteiger partial charge in [0.15, 0.2) is 5.54 Å². The molecule has 1 N–H and O–H groups in total. The molecule has 0 spiro atoms. The lowest BCUT2D eigenvalue weighted by Crippen LogP contribution is -2.52. The Kier molecular flexibility index (Phi) is 6.77. The highest BCUT2D eigenvalue weighted by Crippen LogP contribution is 2.34. The first kappa shape index (κ1) is 23.6. The van der Waals surface area contributed by atoms with Gasteiger partial charge in [0.25, 0.3) is 5.91 Å². The second-order valence-corrected chi connectivity index (χ2v) is 8.73. The first-order valence-electron chi connectivity index (χ1n) is 10.5. The van der Waals surface area contributed by atoms with Crippen LogP contribution in [0.3, 0.4) is 0 Å². The number of hydrogen-bond acceptors (Lipinski definition) is 3. The van der Waals surface area contributed by atoms with Crippen LogP contribution >= 0.6 is 23.2 Å². The Balaban J connectivity index is 1.79. The fourth-order valence-corrected chi connectivity index (χ4v) is 4.19. The summed E-state index contributed by atoms with van der Waals surface area (Å²) < 4.78 is 6.00. The topological polar surface area (TPSA) is 70.8 Å². The van der Waals surface area contributed by atoms with Gasteiger partial charge in [-0.3, -0.25) is 4.79 Å². The third-order valence-corrected chi connectivity index (χ3v) is 6.29. The van der Waals surface area contributed by atoms with Crippen LogP contribution in [0.15, 0.2) is 95.4 Å². The summed E-state index contributed by atoms with van der Waals surface area (Å²) in [6, 6.07) is 25.9. The summed E-state index contributed by atoms with van der Waals surface area (Å²) in [4.78, 5) is 27.7. The van der Waals surface area contributed by atoms with Gasteiger partial charge in [-0.15, -0.1) is 0 Å². The molecule has 0 bridgehead atoms. The van der Waals surface area contributed by atoms with E-state index in [1.165, 1.54) is 11.8 Å². The van der Waals surface area contributed by atoms with Gasteiger partial charge in [-0.1, -0.05) is 77.8 Å². The number of carboxylic acid groups (broad SMARTS) is 1. The maximum atomic E-state index is 13.7. The Hall–Kier alpha value is -3.54. The summed E-state index contributed by atoms with van der Waals surface area (Å²) in [7, 11) is 0. The molecule has 4 rings (SSSR count). The van der Waals surface area contributed by atoms with Gasteiger partial charge >= 0.3 is 5.97 Å². The van der Waals surface area contributed by atoms with Crippen molar-refractivity contribution in [2.45, 2.75) is 19.0 Å². The van der Waals surface area contributed by atoms with Crippen molar-refractivity contribution in [3.63, 3.8) is 0 Å². The third kappa shape index (κ3) is 4.58.